The Bertz CT molecular complexity index is 1370. The molecule has 4 aromatic rings. The second-order valence-electron chi connectivity index (χ2n) is 8.00. The zero-order valence-corrected chi connectivity index (χ0v) is 18.0. The van der Waals surface area contributed by atoms with Crippen molar-refractivity contribution in [3.63, 3.8) is 0 Å². The van der Waals surface area contributed by atoms with Crippen LogP contribution in [0.15, 0.2) is 66.9 Å². The number of aromatic nitrogens is 3. The number of nitriles is 2. The molecule has 0 radical (unpaired) electrons. The van der Waals surface area contributed by atoms with Crippen molar-refractivity contribution < 1.29 is 0 Å². The van der Waals surface area contributed by atoms with Gasteiger partial charge in [-0.3, -0.25) is 0 Å². The molecule has 7 nitrogen and oxygen atoms in total. The third kappa shape index (κ3) is 4.17. The van der Waals surface area contributed by atoms with Crippen molar-refractivity contribution in [2.24, 2.45) is 0 Å². The van der Waals surface area contributed by atoms with Crippen molar-refractivity contribution in [3.05, 3.63) is 89.2 Å². The van der Waals surface area contributed by atoms with Crippen LogP contribution in [0.4, 0.5) is 11.6 Å². The van der Waals surface area contributed by atoms with Gasteiger partial charge in [-0.25, -0.2) is 4.98 Å². The molecule has 3 heterocycles. The van der Waals surface area contributed by atoms with Crippen molar-refractivity contribution in [2.75, 3.05) is 36.0 Å². The molecule has 1 aliphatic rings. The molecule has 2 aromatic carbocycles. The van der Waals surface area contributed by atoms with Gasteiger partial charge in [-0.15, -0.1) is 5.10 Å². The van der Waals surface area contributed by atoms with E-state index in [4.69, 9.17) is 5.26 Å². The average Bonchev–Trinajstić information content (AvgIpc) is 2.89. The second-order valence-corrected chi connectivity index (χ2v) is 8.00. The van der Waals surface area contributed by atoms with E-state index in [1.165, 1.54) is 0 Å². The highest BCUT2D eigenvalue weighted by Gasteiger charge is 2.22. The first kappa shape index (κ1) is 20.4. The van der Waals surface area contributed by atoms with E-state index in [0.717, 1.165) is 59.8 Å². The Morgan fingerprint density at radius 1 is 0.758 bits per heavy atom. The average molecular weight is 432 g/mol. The van der Waals surface area contributed by atoms with E-state index in [2.05, 4.69) is 49.3 Å². The van der Waals surface area contributed by atoms with E-state index < -0.39 is 0 Å². The predicted molar refractivity (Wildman–Crippen MR) is 127 cm³/mol. The van der Waals surface area contributed by atoms with Gasteiger partial charge in [0.25, 0.3) is 0 Å². The predicted octanol–water partition coefficient (Wildman–Crippen LogP) is 3.69. The molecule has 0 atom stereocenters. The molecule has 33 heavy (non-hydrogen) atoms. The maximum absolute atomic E-state index is 9.19. The summed E-state index contributed by atoms with van der Waals surface area (Å²) < 4.78 is 0. The first-order valence-electron chi connectivity index (χ1n) is 10.8. The van der Waals surface area contributed by atoms with E-state index in [-0.39, 0.29) is 0 Å². The Balaban J connectivity index is 1.38. The highest BCUT2D eigenvalue weighted by molar-refractivity contribution is 5.93. The molecule has 0 spiro atoms. The van der Waals surface area contributed by atoms with Crippen LogP contribution in [-0.4, -0.2) is 41.4 Å². The fourth-order valence-corrected chi connectivity index (χ4v) is 4.24. The van der Waals surface area contributed by atoms with Crippen LogP contribution >= 0.6 is 0 Å². The fraction of sp³-hybridized carbons (Fsp3) is 0.192. The second kappa shape index (κ2) is 8.94. The number of anilines is 2. The number of benzene rings is 2. The number of nitrogens with zero attached hydrogens (tertiary/aromatic N) is 7. The normalized spacial score (nSPS) is 13.5. The Morgan fingerprint density at radius 2 is 1.52 bits per heavy atom. The Labute approximate surface area is 192 Å². The summed E-state index contributed by atoms with van der Waals surface area (Å²) in [5.41, 5.74) is 3.17. The Hall–Kier alpha value is -4.49. The largest absolute Gasteiger partial charge is 0.353 e. The van der Waals surface area contributed by atoms with Gasteiger partial charge in [0.2, 0.25) is 0 Å². The van der Waals surface area contributed by atoms with Crippen LogP contribution in [0.5, 0.6) is 0 Å². The van der Waals surface area contributed by atoms with E-state index in [0.29, 0.717) is 17.5 Å². The van der Waals surface area contributed by atoms with Crippen LogP contribution < -0.4 is 9.80 Å². The van der Waals surface area contributed by atoms with Crippen molar-refractivity contribution in [3.8, 4) is 12.1 Å². The molecule has 0 N–H and O–H groups in total. The molecule has 1 aliphatic heterocycles. The smallest absolute Gasteiger partial charge is 0.159 e. The third-order valence-electron chi connectivity index (χ3n) is 5.95. The molecule has 5 rings (SSSR count). The molecule has 0 unspecified atom stereocenters. The number of piperazine rings is 1. The van der Waals surface area contributed by atoms with Gasteiger partial charge in [0.15, 0.2) is 5.82 Å². The van der Waals surface area contributed by atoms with Crippen LogP contribution in [-0.2, 0) is 6.42 Å². The molecule has 0 saturated carbocycles. The molecule has 1 saturated heterocycles. The first-order chi connectivity index (χ1) is 16.2. The van der Waals surface area contributed by atoms with E-state index in [1.807, 2.05) is 42.5 Å². The van der Waals surface area contributed by atoms with Gasteiger partial charge >= 0.3 is 0 Å². The minimum absolute atomic E-state index is 0.568. The summed E-state index contributed by atoms with van der Waals surface area (Å²) in [6.07, 6.45) is 2.24. The zero-order valence-electron chi connectivity index (χ0n) is 18.0. The van der Waals surface area contributed by atoms with Crippen LogP contribution in [0, 0.1) is 22.7 Å². The molecule has 2 aromatic heterocycles. The lowest BCUT2D eigenvalue weighted by molar-refractivity contribution is 0.639. The van der Waals surface area contributed by atoms with Crippen molar-refractivity contribution in [1.82, 2.24) is 15.2 Å². The van der Waals surface area contributed by atoms with Crippen LogP contribution in [0.1, 0.15) is 22.4 Å². The summed E-state index contributed by atoms with van der Waals surface area (Å²) >= 11 is 0. The van der Waals surface area contributed by atoms with Gasteiger partial charge < -0.3 is 9.80 Å². The summed E-state index contributed by atoms with van der Waals surface area (Å²) in [7, 11) is 0. The maximum Gasteiger partial charge on any atom is 0.159 e. The van der Waals surface area contributed by atoms with E-state index in [9.17, 15) is 5.26 Å². The van der Waals surface area contributed by atoms with Gasteiger partial charge in [-0.2, -0.15) is 15.6 Å². The van der Waals surface area contributed by atoms with E-state index >= 15 is 0 Å². The lowest BCUT2D eigenvalue weighted by Gasteiger charge is -2.36. The zero-order chi connectivity index (χ0) is 22.6. The Kier molecular flexibility index (Phi) is 5.53. The van der Waals surface area contributed by atoms with Crippen molar-refractivity contribution in [2.45, 2.75) is 6.42 Å². The number of hydrogen-bond acceptors (Lipinski definition) is 7. The van der Waals surface area contributed by atoms with Crippen LogP contribution in [0.2, 0.25) is 0 Å². The quantitative estimate of drug-likeness (QED) is 0.486. The van der Waals surface area contributed by atoms with Crippen LogP contribution in [0.3, 0.4) is 0 Å². The monoisotopic (exact) mass is 431 g/mol. The summed E-state index contributed by atoms with van der Waals surface area (Å²) in [6.45, 7) is 3.25. The molecular formula is C26H21N7. The van der Waals surface area contributed by atoms with Gasteiger partial charge in [-0.1, -0.05) is 36.4 Å². The fourth-order valence-electron chi connectivity index (χ4n) is 4.24. The van der Waals surface area contributed by atoms with Gasteiger partial charge in [0.1, 0.15) is 11.9 Å². The Morgan fingerprint density at radius 3 is 2.24 bits per heavy atom. The highest BCUT2D eigenvalue weighted by Crippen LogP contribution is 2.28. The van der Waals surface area contributed by atoms with Crippen molar-refractivity contribution in [1.29, 1.82) is 10.5 Å². The minimum atomic E-state index is 0.568. The molecule has 0 aliphatic carbocycles. The summed E-state index contributed by atoms with van der Waals surface area (Å²) in [4.78, 5) is 8.92. The molecule has 7 heteroatoms. The summed E-state index contributed by atoms with van der Waals surface area (Å²) in [5.74, 6) is 1.78. The third-order valence-corrected chi connectivity index (χ3v) is 5.95. The SMILES string of the molecule is N#Cc1ccc(N2CCN(c3nnc(Cc4cccc(C#N)c4)c4ccccc34)CC2)nc1. The first-order valence-corrected chi connectivity index (χ1v) is 10.8. The van der Waals surface area contributed by atoms with Gasteiger partial charge in [0, 0.05) is 49.6 Å². The minimum Gasteiger partial charge on any atom is -0.353 e. The van der Waals surface area contributed by atoms with Gasteiger partial charge in [-0.05, 0) is 29.8 Å². The molecule has 0 amide bonds. The standard InChI is InChI=1S/C26H21N7/c27-16-20-5-3-4-19(14-20)15-24-22-6-1-2-7-23(22)26(31-30-24)33-12-10-32(11-13-33)25-9-8-21(17-28)18-29-25/h1-9,14,18H,10-13,15H2. The van der Waals surface area contributed by atoms with Gasteiger partial charge in [0.05, 0.1) is 22.9 Å². The number of fused-ring (bicyclic) bond motifs is 1. The topological polar surface area (TPSA) is 92.7 Å². The molecule has 0 bridgehead atoms. The molecule has 1 fully saturated rings. The highest BCUT2D eigenvalue weighted by atomic mass is 15.3. The number of hydrogen-bond donors (Lipinski definition) is 0. The summed E-state index contributed by atoms with van der Waals surface area (Å²) in [6, 6.07) is 23.9. The maximum atomic E-state index is 9.19. The summed E-state index contributed by atoms with van der Waals surface area (Å²) in [5, 5.41) is 29.6. The number of rotatable bonds is 4. The number of pyridine rings is 1. The van der Waals surface area contributed by atoms with Crippen LogP contribution in [0.25, 0.3) is 10.8 Å². The van der Waals surface area contributed by atoms with Crippen molar-refractivity contribution >= 4 is 22.4 Å². The lowest BCUT2D eigenvalue weighted by atomic mass is 10.0. The molecule has 160 valence electrons. The lowest BCUT2D eigenvalue weighted by Crippen LogP contribution is -2.47. The van der Waals surface area contributed by atoms with E-state index in [1.54, 1.807) is 12.3 Å². The molecular weight excluding hydrogens is 410 g/mol.